The molecule has 0 aliphatic carbocycles. The van der Waals surface area contributed by atoms with Crippen molar-refractivity contribution in [3.05, 3.63) is 59.0 Å². The number of nitro groups is 1. The Morgan fingerprint density at radius 1 is 1.50 bits per heavy atom. The highest BCUT2D eigenvalue weighted by Gasteiger charge is 1.98. The van der Waals surface area contributed by atoms with E-state index in [4.69, 9.17) is 5.73 Å². The van der Waals surface area contributed by atoms with Crippen LogP contribution < -0.4 is 5.73 Å². The molecule has 0 aliphatic heterocycles. The van der Waals surface area contributed by atoms with E-state index < -0.39 is 4.92 Å². The second-order valence-corrected chi connectivity index (χ2v) is 1.98. The summed E-state index contributed by atoms with van der Waals surface area (Å²) in [7, 11) is 0. The second kappa shape index (κ2) is 4.90. The lowest BCUT2D eigenvalue weighted by molar-refractivity contribution is -0.418. The lowest BCUT2D eigenvalue weighted by Gasteiger charge is -1.88. The van der Waals surface area contributed by atoms with E-state index in [0.717, 1.165) is 0 Å². The van der Waals surface area contributed by atoms with Crippen LogP contribution in [0.4, 0.5) is 0 Å². The van der Waals surface area contributed by atoms with Gasteiger partial charge in [0.2, 0.25) is 0 Å². The fraction of sp³-hybridized carbons (Fsp3) is 0. The van der Waals surface area contributed by atoms with E-state index in [-0.39, 0.29) is 5.70 Å². The maximum Gasteiger partial charge on any atom is 0.262 e. The normalized spacial score (nSPS) is 11.5. The molecule has 0 aromatic rings. The van der Waals surface area contributed by atoms with E-state index in [9.17, 15) is 10.1 Å². The molecule has 0 unspecified atom stereocenters. The van der Waals surface area contributed by atoms with Gasteiger partial charge in [-0.1, -0.05) is 12.7 Å². The van der Waals surface area contributed by atoms with Crippen LogP contribution in [0.3, 0.4) is 0 Å². The minimum Gasteiger partial charge on any atom is -0.399 e. The first-order chi connectivity index (χ1) is 5.57. The Balaban J connectivity index is 4.25. The first-order valence-corrected chi connectivity index (χ1v) is 3.17. The zero-order chi connectivity index (χ0) is 9.56. The van der Waals surface area contributed by atoms with E-state index in [0.29, 0.717) is 5.70 Å². The number of nitrogens with zero attached hydrogens (tertiary/aromatic N) is 1. The van der Waals surface area contributed by atoms with Gasteiger partial charge < -0.3 is 5.73 Å². The summed E-state index contributed by atoms with van der Waals surface area (Å²) < 4.78 is 0. The SMILES string of the molecule is C=C/C=C(N)\C=C/C(=C)[N+](=O)[O-]. The standard InChI is InChI=1S/C8H10N2O2/c1-3-4-8(9)6-5-7(2)10(11)12/h3-6H,1-2,9H2/b6-5-,8-4+. The van der Waals surface area contributed by atoms with E-state index in [2.05, 4.69) is 13.2 Å². The molecule has 0 fully saturated rings. The number of nitrogens with two attached hydrogens (primary N) is 1. The fourth-order valence-corrected chi connectivity index (χ4v) is 0.445. The van der Waals surface area contributed by atoms with Gasteiger partial charge in [-0.3, -0.25) is 10.1 Å². The first kappa shape index (κ1) is 10.2. The van der Waals surface area contributed by atoms with Crippen molar-refractivity contribution in [3.8, 4) is 0 Å². The largest absolute Gasteiger partial charge is 0.399 e. The second-order valence-electron chi connectivity index (χ2n) is 1.98. The highest BCUT2D eigenvalue weighted by atomic mass is 16.6. The average Bonchev–Trinajstić information content (AvgIpc) is 2.00. The topological polar surface area (TPSA) is 69.2 Å². The molecule has 0 saturated carbocycles. The van der Waals surface area contributed by atoms with Gasteiger partial charge in [0.25, 0.3) is 5.70 Å². The summed E-state index contributed by atoms with van der Waals surface area (Å²) in [5.74, 6) is 0. The van der Waals surface area contributed by atoms with Crippen LogP contribution in [0.25, 0.3) is 0 Å². The average molecular weight is 166 g/mol. The van der Waals surface area contributed by atoms with Gasteiger partial charge in [-0.15, -0.1) is 0 Å². The van der Waals surface area contributed by atoms with Crippen LogP contribution in [0.5, 0.6) is 0 Å². The van der Waals surface area contributed by atoms with Crippen molar-refractivity contribution in [2.24, 2.45) is 5.73 Å². The summed E-state index contributed by atoms with van der Waals surface area (Å²) in [6.07, 6.45) is 5.65. The van der Waals surface area contributed by atoms with Crippen molar-refractivity contribution in [2.45, 2.75) is 0 Å². The predicted molar refractivity (Wildman–Crippen MR) is 47.7 cm³/mol. The molecule has 0 aromatic heterocycles. The smallest absolute Gasteiger partial charge is 0.262 e. The quantitative estimate of drug-likeness (QED) is 0.389. The third kappa shape index (κ3) is 4.05. The monoisotopic (exact) mass is 166 g/mol. The Kier molecular flexibility index (Phi) is 4.15. The van der Waals surface area contributed by atoms with Crippen molar-refractivity contribution in [2.75, 3.05) is 0 Å². The molecule has 0 heterocycles. The molecule has 0 radical (unpaired) electrons. The Bertz CT molecular complexity index is 260. The van der Waals surface area contributed by atoms with Gasteiger partial charge in [0, 0.05) is 11.8 Å². The maximum atomic E-state index is 10.0. The summed E-state index contributed by atoms with van der Waals surface area (Å²) in [5, 5.41) is 10.0. The first-order valence-electron chi connectivity index (χ1n) is 3.17. The Hall–Kier alpha value is -1.84. The van der Waals surface area contributed by atoms with Gasteiger partial charge in [0.15, 0.2) is 0 Å². The van der Waals surface area contributed by atoms with Crippen molar-refractivity contribution < 1.29 is 4.92 Å². The highest BCUT2D eigenvalue weighted by molar-refractivity contribution is 5.23. The molecule has 4 heteroatoms. The van der Waals surface area contributed by atoms with Crippen LogP contribution in [0, 0.1) is 10.1 Å². The van der Waals surface area contributed by atoms with Crippen molar-refractivity contribution >= 4 is 0 Å². The van der Waals surface area contributed by atoms with Gasteiger partial charge in [0.1, 0.15) is 0 Å². The molecule has 64 valence electrons. The van der Waals surface area contributed by atoms with E-state index in [1.807, 2.05) is 0 Å². The minimum atomic E-state index is -0.586. The van der Waals surface area contributed by atoms with Gasteiger partial charge in [-0.05, 0) is 18.7 Å². The molecular weight excluding hydrogens is 156 g/mol. The minimum absolute atomic E-state index is 0.199. The van der Waals surface area contributed by atoms with Crippen LogP contribution in [0.1, 0.15) is 0 Å². The maximum absolute atomic E-state index is 10.0. The zero-order valence-electron chi connectivity index (χ0n) is 6.56. The van der Waals surface area contributed by atoms with Gasteiger partial charge in [-0.2, -0.15) is 0 Å². The summed E-state index contributed by atoms with van der Waals surface area (Å²) >= 11 is 0. The highest BCUT2D eigenvalue weighted by Crippen LogP contribution is 1.96. The molecule has 4 nitrogen and oxygen atoms in total. The molecule has 0 saturated heterocycles. The summed E-state index contributed by atoms with van der Waals surface area (Å²) in [5.41, 5.74) is 5.57. The molecule has 2 N–H and O–H groups in total. The molecule has 0 aromatic carbocycles. The van der Waals surface area contributed by atoms with Crippen molar-refractivity contribution in [3.63, 3.8) is 0 Å². The van der Waals surface area contributed by atoms with E-state index in [1.165, 1.54) is 24.3 Å². The fourth-order valence-electron chi connectivity index (χ4n) is 0.445. The number of hydrogen-bond donors (Lipinski definition) is 1. The van der Waals surface area contributed by atoms with E-state index in [1.54, 1.807) is 0 Å². The Morgan fingerprint density at radius 2 is 2.08 bits per heavy atom. The van der Waals surface area contributed by atoms with Crippen LogP contribution >= 0.6 is 0 Å². The molecule has 0 bridgehead atoms. The number of rotatable bonds is 4. The van der Waals surface area contributed by atoms with Crippen LogP contribution in [-0.4, -0.2) is 4.92 Å². The number of hydrogen-bond acceptors (Lipinski definition) is 3. The molecule has 0 atom stereocenters. The third-order valence-corrected chi connectivity index (χ3v) is 1.01. The lowest BCUT2D eigenvalue weighted by atomic mass is 10.3. The molecule has 0 rings (SSSR count). The van der Waals surface area contributed by atoms with Crippen molar-refractivity contribution in [1.29, 1.82) is 0 Å². The van der Waals surface area contributed by atoms with Gasteiger partial charge in [-0.25, -0.2) is 0 Å². The predicted octanol–water partition coefficient (Wildman–Crippen LogP) is 1.36. The van der Waals surface area contributed by atoms with E-state index >= 15 is 0 Å². The molecule has 0 aliphatic rings. The molecule has 0 spiro atoms. The molecular formula is C8H10N2O2. The summed E-state index contributed by atoms with van der Waals surface area (Å²) in [6.45, 7) is 6.61. The third-order valence-electron chi connectivity index (χ3n) is 1.01. The Labute approximate surface area is 70.5 Å². The van der Waals surface area contributed by atoms with Gasteiger partial charge >= 0.3 is 0 Å². The molecule has 0 amide bonds. The van der Waals surface area contributed by atoms with Crippen LogP contribution in [0.15, 0.2) is 48.9 Å². The van der Waals surface area contributed by atoms with Crippen LogP contribution in [0.2, 0.25) is 0 Å². The lowest BCUT2D eigenvalue weighted by Crippen LogP contribution is -1.95. The number of allylic oxidation sites excluding steroid dienone is 4. The summed E-state index contributed by atoms with van der Waals surface area (Å²) in [4.78, 5) is 9.46. The zero-order valence-corrected chi connectivity index (χ0v) is 6.56. The van der Waals surface area contributed by atoms with Crippen molar-refractivity contribution in [1.82, 2.24) is 0 Å². The Morgan fingerprint density at radius 3 is 2.50 bits per heavy atom. The van der Waals surface area contributed by atoms with Gasteiger partial charge in [0.05, 0.1) is 4.92 Å². The summed E-state index contributed by atoms with van der Waals surface area (Å²) in [6, 6.07) is 0. The van der Waals surface area contributed by atoms with Crippen LogP contribution in [-0.2, 0) is 0 Å². The molecule has 12 heavy (non-hydrogen) atoms.